The predicted octanol–water partition coefficient (Wildman–Crippen LogP) is 8.98. The molecule has 0 aliphatic rings. The summed E-state index contributed by atoms with van der Waals surface area (Å²) in [6.07, 6.45) is 3.77. The number of benzene rings is 3. The number of esters is 2. The highest BCUT2D eigenvalue weighted by Crippen LogP contribution is 2.43. The molecule has 3 rings (SSSR count). The third-order valence-corrected chi connectivity index (χ3v) is 12.0. The van der Waals surface area contributed by atoms with Crippen LogP contribution in [0.5, 0.6) is 0 Å². The van der Waals surface area contributed by atoms with Gasteiger partial charge < -0.3 is 9.47 Å². The molecule has 0 saturated heterocycles. The van der Waals surface area contributed by atoms with Crippen LogP contribution in [0.3, 0.4) is 0 Å². The van der Waals surface area contributed by atoms with Gasteiger partial charge in [0.1, 0.15) is 0 Å². The number of unbranched alkanes of at least 4 members (excludes halogenated alkanes) is 1. The first kappa shape index (κ1) is 38.5. The summed E-state index contributed by atoms with van der Waals surface area (Å²) >= 11 is 0. The molecule has 0 aliphatic carbocycles. The zero-order chi connectivity index (χ0) is 35.3. The van der Waals surface area contributed by atoms with E-state index in [4.69, 9.17) is 16.0 Å². The summed E-state index contributed by atoms with van der Waals surface area (Å²) in [7, 11) is -4.10. The lowest BCUT2D eigenvalue weighted by atomic mass is 9.72. The van der Waals surface area contributed by atoms with Gasteiger partial charge in [-0.1, -0.05) is 103 Å². The lowest BCUT2D eigenvalue weighted by Crippen LogP contribution is -2.40. The Kier molecular flexibility index (Phi) is 14.0. The maximum Gasteiger partial charge on any atom is 0.381 e. The highest BCUT2D eigenvalue weighted by atomic mass is 32.2. The van der Waals surface area contributed by atoms with Crippen molar-refractivity contribution >= 4 is 21.8 Å². The van der Waals surface area contributed by atoms with Crippen molar-refractivity contribution in [2.75, 3.05) is 13.2 Å². The second kappa shape index (κ2) is 17.4. The minimum absolute atomic E-state index is 0.0776. The van der Waals surface area contributed by atoms with Gasteiger partial charge in [0.15, 0.2) is 0 Å². The smallest absolute Gasteiger partial charge is 0.381 e. The molecule has 0 bridgehead atoms. The van der Waals surface area contributed by atoms with Gasteiger partial charge in [-0.2, -0.15) is 0 Å². The van der Waals surface area contributed by atoms with Gasteiger partial charge in [0, 0.05) is 12.8 Å². The molecule has 0 N–H and O–H groups in total. The number of ether oxygens (including phenoxy) is 2. The third kappa shape index (κ3) is 8.54. The van der Waals surface area contributed by atoms with Crippen LogP contribution in [0.1, 0.15) is 102 Å². The Hall–Kier alpha value is -3.96. The molecule has 48 heavy (non-hydrogen) atoms. The topological polar surface area (TPSA) is 91.1 Å². The first-order valence-electron chi connectivity index (χ1n) is 17.1. The predicted molar refractivity (Wildman–Crippen MR) is 192 cm³/mol. The van der Waals surface area contributed by atoms with Gasteiger partial charge in [-0.25, -0.2) is 8.42 Å². The molecule has 3 aromatic carbocycles. The van der Waals surface area contributed by atoms with Crippen LogP contribution in [-0.2, 0) is 39.7 Å². The molecule has 3 atom stereocenters. The van der Waals surface area contributed by atoms with Crippen LogP contribution < -0.4 is 0 Å². The molecule has 0 radical (unpaired) electrons. The Bertz CT molecular complexity index is 1620. The average molecular weight is 675 g/mol. The Labute approximate surface area is 287 Å². The Morgan fingerprint density at radius 3 is 1.71 bits per heavy atom. The summed E-state index contributed by atoms with van der Waals surface area (Å²) in [5.74, 6) is -0.680. The zero-order valence-corrected chi connectivity index (χ0v) is 30.1. The van der Waals surface area contributed by atoms with Crippen molar-refractivity contribution < 1.29 is 27.5 Å². The van der Waals surface area contributed by atoms with Gasteiger partial charge in [-0.3, -0.25) is 9.59 Å². The minimum Gasteiger partial charge on any atom is -0.465 e. The molecule has 0 aliphatic heterocycles. The van der Waals surface area contributed by atoms with Gasteiger partial charge in [-0.15, -0.1) is 0 Å². The van der Waals surface area contributed by atoms with Gasteiger partial charge in [0.05, 0.1) is 28.9 Å². The first-order chi connectivity index (χ1) is 23.0. The molecule has 0 fully saturated rings. The van der Waals surface area contributed by atoms with Gasteiger partial charge in [0.25, 0.3) is 16.4 Å². The molecule has 0 amide bonds. The normalized spacial score (nSPS) is 15.2. The minimum atomic E-state index is -4.10. The first-order valence-corrected chi connectivity index (χ1v) is 18.6. The molecular weight excluding hydrogens is 623 g/mol. The number of nitrogens with zero attached hydrogens (tertiary/aromatic N) is 1. The van der Waals surface area contributed by atoms with Gasteiger partial charge in [-0.05, 0) is 83.1 Å². The van der Waals surface area contributed by atoms with E-state index in [0.29, 0.717) is 32.1 Å². The van der Waals surface area contributed by atoms with Crippen LogP contribution in [-0.4, -0.2) is 38.4 Å². The molecule has 0 saturated carbocycles. The number of carbonyl (C=O) groups excluding carboxylic acids is 2. The van der Waals surface area contributed by atoms with Crippen molar-refractivity contribution in [3.05, 3.63) is 106 Å². The highest BCUT2D eigenvalue weighted by molar-refractivity contribution is 7.93. The number of hydrogen-bond donors (Lipinski definition) is 0. The van der Waals surface area contributed by atoms with E-state index in [9.17, 15) is 18.0 Å². The number of sulfone groups is 1. The van der Waals surface area contributed by atoms with Crippen molar-refractivity contribution in [2.24, 2.45) is 0 Å². The molecule has 0 aromatic heterocycles. The highest BCUT2D eigenvalue weighted by Gasteiger charge is 2.55. The van der Waals surface area contributed by atoms with Crippen molar-refractivity contribution in [3.8, 4) is 6.57 Å². The summed E-state index contributed by atoms with van der Waals surface area (Å²) in [4.78, 5) is 29.7. The number of aryl methyl sites for hydroxylation is 1. The van der Waals surface area contributed by atoms with E-state index in [-0.39, 0.29) is 42.9 Å². The fourth-order valence-electron chi connectivity index (χ4n) is 6.61. The fourth-order valence-corrected chi connectivity index (χ4v) is 8.51. The Morgan fingerprint density at radius 2 is 1.19 bits per heavy atom. The van der Waals surface area contributed by atoms with E-state index in [1.165, 1.54) is 0 Å². The summed E-state index contributed by atoms with van der Waals surface area (Å²) in [6, 6.07) is 25.7. The molecule has 0 heterocycles. The van der Waals surface area contributed by atoms with Crippen LogP contribution in [0, 0.1) is 13.5 Å². The molecular formula is C40H52NO6S+. The number of hydrogen-bond acceptors (Lipinski definition) is 6. The average Bonchev–Trinajstić information content (AvgIpc) is 3.10. The SMILES string of the molecule is C#[N+]C(CCCC(C)(C(=O)OCC)c1ccccc1)(CCCC(CCCC)(C(=O)OCC)c1ccccc1)S(=O)(=O)c1ccc(C)cc1. The molecule has 0 spiro atoms. The second-order valence-electron chi connectivity index (χ2n) is 12.8. The maximum atomic E-state index is 14.5. The van der Waals surface area contributed by atoms with Crippen LogP contribution in [0.25, 0.3) is 4.85 Å². The summed E-state index contributed by atoms with van der Waals surface area (Å²) in [5.41, 5.74) is 0.615. The lowest BCUT2D eigenvalue weighted by molar-refractivity contribution is -0.151. The lowest BCUT2D eigenvalue weighted by Gasteiger charge is -2.33. The van der Waals surface area contributed by atoms with Crippen LogP contribution in [0.4, 0.5) is 0 Å². The standard InChI is InChI=1S/C40H52NO6S/c1-7-10-28-39(37(43)47-9-3,34-21-15-12-16-22-34)29-18-31-40(41-6,48(44,45)35-25-23-32(4)24-26-35)30-17-27-38(5,36(42)46-8-2)33-19-13-11-14-20-33/h6,11-16,19-26H,7-10,17-18,27-31H2,1-5H3/q+1. The van der Waals surface area contributed by atoms with Crippen LogP contribution >= 0.6 is 0 Å². The summed E-state index contributed by atoms with van der Waals surface area (Å²) in [5, 5.41) is 0. The molecule has 3 unspecified atom stereocenters. The van der Waals surface area contributed by atoms with Gasteiger partial charge in [0.2, 0.25) is 0 Å². The van der Waals surface area contributed by atoms with E-state index >= 15 is 0 Å². The largest absolute Gasteiger partial charge is 0.465 e. The molecule has 8 heteroatoms. The second-order valence-corrected chi connectivity index (χ2v) is 15.0. The summed E-state index contributed by atoms with van der Waals surface area (Å²) < 4.78 is 40.2. The monoisotopic (exact) mass is 674 g/mol. The quantitative estimate of drug-likeness (QED) is 0.118. The molecule has 3 aromatic rings. The van der Waals surface area contributed by atoms with Gasteiger partial charge >= 0.3 is 16.8 Å². The van der Waals surface area contributed by atoms with Crippen molar-refractivity contribution in [2.45, 2.75) is 113 Å². The van der Waals surface area contributed by atoms with E-state index in [1.807, 2.05) is 74.5 Å². The zero-order valence-electron chi connectivity index (χ0n) is 29.2. The van der Waals surface area contributed by atoms with E-state index in [2.05, 4.69) is 11.8 Å². The Balaban J connectivity index is 2.03. The van der Waals surface area contributed by atoms with Crippen molar-refractivity contribution in [1.29, 1.82) is 0 Å². The fraction of sp³-hybridized carbons (Fsp3) is 0.475. The van der Waals surface area contributed by atoms with E-state index in [0.717, 1.165) is 29.5 Å². The molecule has 7 nitrogen and oxygen atoms in total. The Morgan fingerprint density at radius 1 is 0.688 bits per heavy atom. The molecule has 258 valence electrons. The van der Waals surface area contributed by atoms with Crippen molar-refractivity contribution in [3.63, 3.8) is 0 Å². The maximum absolute atomic E-state index is 14.5. The van der Waals surface area contributed by atoms with Crippen molar-refractivity contribution in [1.82, 2.24) is 0 Å². The van der Waals surface area contributed by atoms with E-state index in [1.54, 1.807) is 38.1 Å². The summed E-state index contributed by atoms with van der Waals surface area (Å²) in [6.45, 7) is 16.0. The van der Waals surface area contributed by atoms with E-state index < -0.39 is 25.5 Å². The number of rotatable bonds is 19. The van der Waals surface area contributed by atoms with Crippen LogP contribution in [0.2, 0.25) is 0 Å². The number of carbonyl (C=O) groups is 2. The third-order valence-electron chi connectivity index (χ3n) is 9.57. The van der Waals surface area contributed by atoms with Crippen LogP contribution in [0.15, 0.2) is 89.8 Å².